The molecule has 0 aliphatic rings. The van der Waals surface area contributed by atoms with Crippen molar-refractivity contribution in [2.45, 2.75) is 40.7 Å². The minimum atomic E-state index is -0.516. The van der Waals surface area contributed by atoms with Crippen LogP contribution in [0.2, 0.25) is 0 Å². The Kier molecular flexibility index (Phi) is 9.06. The number of esters is 2. The molecule has 1 amide bonds. The summed E-state index contributed by atoms with van der Waals surface area (Å²) in [5, 5.41) is 2.69. The monoisotopic (exact) mass is 427 g/mol. The quantitative estimate of drug-likeness (QED) is 0.474. The van der Waals surface area contributed by atoms with E-state index in [0.29, 0.717) is 13.0 Å². The van der Waals surface area contributed by atoms with Crippen molar-refractivity contribution in [1.29, 1.82) is 0 Å². The Morgan fingerprint density at radius 3 is 2.03 bits per heavy atom. The highest BCUT2D eigenvalue weighted by Gasteiger charge is 2.18. The summed E-state index contributed by atoms with van der Waals surface area (Å²) in [6, 6.07) is 14.4. The van der Waals surface area contributed by atoms with Crippen LogP contribution in [0.25, 0.3) is 0 Å². The molecule has 0 aliphatic heterocycles. The summed E-state index contributed by atoms with van der Waals surface area (Å²) in [7, 11) is 0. The molecule has 0 spiro atoms. The van der Waals surface area contributed by atoms with Crippen molar-refractivity contribution < 1.29 is 28.6 Å². The van der Waals surface area contributed by atoms with E-state index < -0.39 is 18.0 Å². The van der Waals surface area contributed by atoms with Crippen LogP contribution in [0.3, 0.4) is 0 Å². The normalized spacial score (nSPS) is 10.6. The SMILES string of the molecule is CC(C)C(=O)Oc1ccc(CCNC(=O)OCc2ccccc2)cc1OC(=O)C(C)C. The number of carbonyl (C=O) groups excluding carboxylic acids is 3. The number of hydrogen-bond donors (Lipinski definition) is 1. The third kappa shape index (κ3) is 8.12. The summed E-state index contributed by atoms with van der Waals surface area (Å²) < 4.78 is 15.9. The molecule has 2 aromatic rings. The molecule has 0 bridgehead atoms. The Morgan fingerprint density at radius 2 is 1.42 bits per heavy atom. The van der Waals surface area contributed by atoms with Crippen LogP contribution in [0.4, 0.5) is 4.79 Å². The van der Waals surface area contributed by atoms with Gasteiger partial charge in [0.15, 0.2) is 11.5 Å². The fourth-order valence-electron chi connectivity index (χ4n) is 2.41. The zero-order valence-electron chi connectivity index (χ0n) is 18.3. The van der Waals surface area contributed by atoms with Gasteiger partial charge in [0.05, 0.1) is 11.8 Å². The number of nitrogens with one attached hydrogen (secondary N) is 1. The molecule has 0 aromatic heterocycles. The van der Waals surface area contributed by atoms with Gasteiger partial charge in [0.1, 0.15) is 6.61 Å². The van der Waals surface area contributed by atoms with Gasteiger partial charge >= 0.3 is 18.0 Å². The van der Waals surface area contributed by atoms with E-state index in [1.54, 1.807) is 45.9 Å². The molecule has 31 heavy (non-hydrogen) atoms. The van der Waals surface area contributed by atoms with Crippen LogP contribution in [0.5, 0.6) is 11.5 Å². The van der Waals surface area contributed by atoms with Crippen LogP contribution in [0, 0.1) is 11.8 Å². The summed E-state index contributed by atoms with van der Waals surface area (Å²) in [6.45, 7) is 7.40. The van der Waals surface area contributed by atoms with Gasteiger partial charge in [-0.3, -0.25) is 9.59 Å². The maximum atomic E-state index is 12.1. The third-order valence-corrected chi connectivity index (χ3v) is 4.27. The molecule has 2 aromatic carbocycles. The maximum Gasteiger partial charge on any atom is 0.407 e. The molecule has 7 heteroatoms. The van der Waals surface area contributed by atoms with E-state index in [2.05, 4.69) is 5.32 Å². The van der Waals surface area contributed by atoms with Gasteiger partial charge in [-0.2, -0.15) is 0 Å². The van der Waals surface area contributed by atoms with Crippen LogP contribution >= 0.6 is 0 Å². The van der Waals surface area contributed by atoms with Crippen molar-refractivity contribution >= 4 is 18.0 Å². The standard InChI is InChI=1S/C24H29NO6/c1-16(2)22(26)30-20-11-10-18(14-21(20)31-23(27)17(3)4)12-13-25-24(28)29-15-19-8-6-5-7-9-19/h5-11,14,16-17H,12-13,15H2,1-4H3,(H,25,28). The van der Waals surface area contributed by atoms with Gasteiger partial charge in [-0.25, -0.2) is 4.79 Å². The Balaban J connectivity index is 1.96. The summed E-state index contributed by atoms with van der Waals surface area (Å²) in [6.07, 6.45) is -0.0387. The fraction of sp³-hybridized carbons (Fsp3) is 0.375. The van der Waals surface area contributed by atoms with E-state index in [1.807, 2.05) is 30.3 Å². The van der Waals surface area contributed by atoms with Crippen molar-refractivity contribution in [2.24, 2.45) is 11.8 Å². The second-order valence-corrected chi connectivity index (χ2v) is 7.67. The molecule has 2 rings (SSSR count). The zero-order valence-corrected chi connectivity index (χ0v) is 18.3. The van der Waals surface area contributed by atoms with Gasteiger partial charge in [-0.05, 0) is 29.7 Å². The fourth-order valence-corrected chi connectivity index (χ4v) is 2.41. The molecule has 0 atom stereocenters. The van der Waals surface area contributed by atoms with Crippen molar-refractivity contribution in [2.75, 3.05) is 6.54 Å². The Bertz CT molecular complexity index is 892. The minimum Gasteiger partial charge on any atom is -0.445 e. The third-order valence-electron chi connectivity index (χ3n) is 4.27. The van der Waals surface area contributed by atoms with Gasteiger partial charge in [0.2, 0.25) is 0 Å². The van der Waals surface area contributed by atoms with E-state index in [0.717, 1.165) is 11.1 Å². The number of ether oxygens (including phenoxy) is 3. The average molecular weight is 427 g/mol. The number of rotatable bonds is 9. The Morgan fingerprint density at radius 1 is 0.806 bits per heavy atom. The molecule has 7 nitrogen and oxygen atoms in total. The Labute approximate surface area is 182 Å². The molecule has 166 valence electrons. The highest BCUT2D eigenvalue weighted by Crippen LogP contribution is 2.30. The largest absolute Gasteiger partial charge is 0.445 e. The van der Waals surface area contributed by atoms with Gasteiger partial charge in [-0.1, -0.05) is 64.1 Å². The number of carbonyl (C=O) groups is 3. The van der Waals surface area contributed by atoms with Gasteiger partial charge in [0, 0.05) is 6.54 Å². The number of amides is 1. The van der Waals surface area contributed by atoms with E-state index >= 15 is 0 Å². The highest BCUT2D eigenvalue weighted by atomic mass is 16.6. The van der Waals surface area contributed by atoms with Crippen LogP contribution in [-0.2, 0) is 27.4 Å². The molecular formula is C24H29NO6. The van der Waals surface area contributed by atoms with Gasteiger partial charge < -0.3 is 19.5 Å². The van der Waals surface area contributed by atoms with Gasteiger partial charge in [-0.15, -0.1) is 0 Å². The van der Waals surface area contributed by atoms with E-state index in [-0.39, 0.29) is 29.9 Å². The lowest BCUT2D eigenvalue weighted by Crippen LogP contribution is -2.26. The van der Waals surface area contributed by atoms with Gasteiger partial charge in [0.25, 0.3) is 0 Å². The van der Waals surface area contributed by atoms with E-state index in [9.17, 15) is 14.4 Å². The number of alkyl carbamates (subject to hydrolysis) is 1. The lowest BCUT2D eigenvalue weighted by molar-refractivity contribution is -0.140. The number of hydrogen-bond acceptors (Lipinski definition) is 6. The smallest absolute Gasteiger partial charge is 0.407 e. The molecule has 0 radical (unpaired) electrons. The lowest BCUT2D eigenvalue weighted by Gasteiger charge is -2.14. The second-order valence-electron chi connectivity index (χ2n) is 7.67. The molecule has 0 heterocycles. The minimum absolute atomic E-state index is 0.178. The van der Waals surface area contributed by atoms with Crippen LogP contribution in [0.1, 0.15) is 38.8 Å². The first-order valence-electron chi connectivity index (χ1n) is 10.3. The first kappa shape index (κ1) is 23.9. The number of benzene rings is 2. The van der Waals surface area contributed by atoms with Crippen molar-refractivity contribution in [3.05, 3.63) is 59.7 Å². The summed E-state index contributed by atoms with van der Waals surface area (Å²) in [4.78, 5) is 35.9. The highest BCUT2D eigenvalue weighted by molar-refractivity contribution is 5.78. The van der Waals surface area contributed by atoms with Crippen LogP contribution < -0.4 is 14.8 Å². The molecule has 0 fully saturated rings. The average Bonchev–Trinajstić information content (AvgIpc) is 2.74. The molecule has 0 saturated carbocycles. The maximum absolute atomic E-state index is 12.1. The zero-order chi connectivity index (χ0) is 22.8. The first-order chi connectivity index (χ1) is 14.8. The van der Waals surface area contributed by atoms with E-state index in [1.165, 1.54) is 0 Å². The predicted molar refractivity (Wildman–Crippen MR) is 116 cm³/mol. The van der Waals surface area contributed by atoms with E-state index in [4.69, 9.17) is 14.2 Å². The second kappa shape index (κ2) is 11.7. The predicted octanol–water partition coefficient (Wildman–Crippen LogP) is 4.28. The van der Waals surface area contributed by atoms with Crippen LogP contribution in [-0.4, -0.2) is 24.6 Å². The van der Waals surface area contributed by atoms with Crippen LogP contribution in [0.15, 0.2) is 48.5 Å². The molecule has 1 N–H and O–H groups in total. The van der Waals surface area contributed by atoms with Crippen molar-refractivity contribution in [1.82, 2.24) is 5.32 Å². The molecule has 0 saturated heterocycles. The lowest BCUT2D eigenvalue weighted by atomic mass is 10.1. The molecular weight excluding hydrogens is 398 g/mol. The summed E-state index contributed by atoms with van der Waals surface area (Å²) in [5.74, 6) is -1.14. The first-order valence-corrected chi connectivity index (χ1v) is 10.3. The summed E-state index contributed by atoms with van der Waals surface area (Å²) >= 11 is 0. The Hall–Kier alpha value is -3.35. The molecule has 0 aliphatic carbocycles. The molecule has 0 unspecified atom stereocenters. The van der Waals surface area contributed by atoms with Crippen molar-refractivity contribution in [3.8, 4) is 11.5 Å². The topological polar surface area (TPSA) is 90.9 Å². The summed E-state index contributed by atoms with van der Waals surface area (Å²) in [5.41, 5.74) is 1.71. The van der Waals surface area contributed by atoms with Crippen molar-refractivity contribution in [3.63, 3.8) is 0 Å².